The number of ketones is 1. The molecule has 0 aromatic rings. The Morgan fingerprint density at radius 2 is 1.79 bits per heavy atom. The number of allylic oxidation sites excluding steroid dienone is 2. The third kappa shape index (κ3) is 2.81. The van der Waals surface area contributed by atoms with Gasteiger partial charge >= 0.3 is 0 Å². The van der Waals surface area contributed by atoms with Gasteiger partial charge in [0.25, 0.3) is 0 Å². The molecule has 3 aliphatic carbocycles. The van der Waals surface area contributed by atoms with E-state index in [1.807, 2.05) is 0 Å². The van der Waals surface area contributed by atoms with Gasteiger partial charge in [-0.15, -0.1) is 0 Å². The molecule has 3 heteroatoms. The summed E-state index contributed by atoms with van der Waals surface area (Å²) in [6.45, 7) is 14.0. The van der Waals surface area contributed by atoms with Crippen molar-refractivity contribution in [3.05, 3.63) is 11.3 Å². The molecule has 0 radical (unpaired) electrons. The van der Waals surface area contributed by atoms with E-state index in [-0.39, 0.29) is 10.5 Å². The first-order valence-electron chi connectivity index (χ1n) is 10.0. The van der Waals surface area contributed by atoms with Gasteiger partial charge in [-0.2, -0.15) is 0 Å². The fourth-order valence-corrected chi connectivity index (χ4v) is 6.17. The molecule has 0 unspecified atom stereocenters. The van der Waals surface area contributed by atoms with E-state index in [0.29, 0.717) is 17.6 Å². The Bertz CT molecular complexity index is 555. The fraction of sp³-hybridized carbons (Fsp3) is 0.857. The number of carbonyl (C=O) groups is 1. The van der Waals surface area contributed by atoms with Crippen LogP contribution in [0, 0.1) is 17.3 Å². The van der Waals surface area contributed by atoms with Crippen LogP contribution in [0.1, 0.15) is 79.1 Å². The monoisotopic (exact) mass is 348 g/mol. The van der Waals surface area contributed by atoms with E-state index in [2.05, 4.69) is 40.8 Å². The van der Waals surface area contributed by atoms with E-state index in [9.17, 15) is 4.79 Å². The quantitative estimate of drug-likeness (QED) is 0.553. The number of fused-ring (bicyclic) bond motifs is 3. The van der Waals surface area contributed by atoms with Crippen LogP contribution in [0.5, 0.6) is 0 Å². The summed E-state index contributed by atoms with van der Waals surface area (Å²) in [6, 6.07) is 0. The molecule has 0 heterocycles. The Hall–Kier alpha value is -0.573. The molecule has 3 aliphatic rings. The maximum absolute atomic E-state index is 12.9. The van der Waals surface area contributed by atoms with Gasteiger partial charge in [0.05, 0.1) is 5.76 Å². The minimum absolute atomic E-state index is 0.103. The predicted molar refractivity (Wildman–Crippen MR) is 102 cm³/mol. The number of hydrogen-bond donors (Lipinski definition) is 0. The zero-order valence-electron chi connectivity index (χ0n) is 16.6. The average Bonchev–Trinajstić information content (AvgIpc) is 2.49. The number of Topliss-reactive ketones (excluding diaryl/α,β-unsaturated/α-hetero) is 1. The first-order valence-corrected chi connectivity index (χ1v) is 12.9. The number of hydrogen-bond acceptors (Lipinski definition) is 2. The summed E-state index contributed by atoms with van der Waals surface area (Å²) in [5.74, 6) is 2.81. The highest BCUT2D eigenvalue weighted by Crippen LogP contribution is 2.58. The molecule has 0 bridgehead atoms. The first kappa shape index (κ1) is 18.2. The van der Waals surface area contributed by atoms with Gasteiger partial charge < -0.3 is 4.43 Å². The summed E-state index contributed by atoms with van der Waals surface area (Å²) < 4.78 is 6.85. The maximum Gasteiger partial charge on any atom is 0.250 e. The van der Waals surface area contributed by atoms with E-state index in [0.717, 1.165) is 25.7 Å². The molecule has 0 saturated heterocycles. The van der Waals surface area contributed by atoms with Crippen molar-refractivity contribution < 1.29 is 9.22 Å². The molecule has 3 rings (SSSR count). The van der Waals surface area contributed by atoms with Crippen LogP contribution in [0.3, 0.4) is 0 Å². The van der Waals surface area contributed by atoms with Crippen LogP contribution >= 0.6 is 0 Å². The third-order valence-electron chi connectivity index (χ3n) is 7.71. The molecule has 2 nitrogen and oxygen atoms in total. The smallest absolute Gasteiger partial charge is 0.250 e. The Kier molecular flexibility index (Phi) is 4.56. The maximum atomic E-state index is 12.9. The van der Waals surface area contributed by atoms with Gasteiger partial charge in [0, 0.05) is 18.3 Å². The van der Waals surface area contributed by atoms with Crippen molar-refractivity contribution in [3.63, 3.8) is 0 Å². The van der Waals surface area contributed by atoms with Crippen molar-refractivity contribution in [3.8, 4) is 0 Å². The molecule has 3 atom stereocenters. The van der Waals surface area contributed by atoms with Crippen molar-refractivity contribution in [2.24, 2.45) is 17.3 Å². The second-order valence-electron chi connectivity index (χ2n) is 10.1. The van der Waals surface area contributed by atoms with Gasteiger partial charge in [0.15, 0.2) is 0 Å². The molecule has 0 amide bonds. The fourth-order valence-electron chi connectivity index (χ4n) is 5.03. The van der Waals surface area contributed by atoms with E-state index in [4.69, 9.17) is 4.43 Å². The molecule has 0 N–H and O–H groups in total. The van der Waals surface area contributed by atoms with Crippen LogP contribution in [0.25, 0.3) is 0 Å². The highest BCUT2D eigenvalue weighted by atomic mass is 28.4. The lowest BCUT2D eigenvalue weighted by Gasteiger charge is -2.53. The Balaban J connectivity index is 1.99. The second-order valence-corrected chi connectivity index (χ2v) is 14.8. The number of rotatable bonds is 2. The van der Waals surface area contributed by atoms with Crippen LogP contribution in [0.4, 0.5) is 0 Å². The molecule has 2 saturated carbocycles. The predicted octanol–water partition coefficient (Wildman–Crippen LogP) is 6.23. The largest absolute Gasteiger partial charge is 0.547 e. The van der Waals surface area contributed by atoms with Crippen molar-refractivity contribution in [1.82, 2.24) is 0 Å². The van der Waals surface area contributed by atoms with Crippen molar-refractivity contribution in [1.29, 1.82) is 0 Å². The molecule has 0 aliphatic heterocycles. The summed E-state index contributed by atoms with van der Waals surface area (Å²) in [5.41, 5.74) is 1.42. The zero-order valence-corrected chi connectivity index (χ0v) is 17.6. The molecular weight excluding hydrogens is 312 g/mol. The van der Waals surface area contributed by atoms with Gasteiger partial charge in [0.2, 0.25) is 8.32 Å². The molecule has 0 spiro atoms. The van der Waals surface area contributed by atoms with E-state index >= 15 is 0 Å². The van der Waals surface area contributed by atoms with Gasteiger partial charge in [-0.25, -0.2) is 0 Å². The standard InChI is InChI=1S/C21H36O2Si/c1-20(2,3)24(5,6)23-18-14-15-10-9-13-19(22)21(15,4)17-12-8-7-11-16(17)18/h15,17H,7-14H2,1-6H3/t15-,17+,21-/m0/s1. The van der Waals surface area contributed by atoms with Crippen molar-refractivity contribution >= 4 is 14.1 Å². The normalized spacial score (nSPS) is 34.7. The van der Waals surface area contributed by atoms with Crippen LogP contribution in [-0.4, -0.2) is 14.1 Å². The van der Waals surface area contributed by atoms with Gasteiger partial charge in [-0.1, -0.05) is 34.1 Å². The minimum Gasteiger partial charge on any atom is -0.547 e. The van der Waals surface area contributed by atoms with E-state index < -0.39 is 8.32 Å². The van der Waals surface area contributed by atoms with Crippen LogP contribution in [-0.2, 0) is 9.22 Å². The summed E-state index contributed by atoms with van der Waals surface area (Å²) in [5, 5.41) is 0.230. The molecule has 2 fully saturated rings. The van der Waals surface area contributed by atoms with Crippen LogP contribution in [0.15, 0.2) is 11.3 Å². The molecule has 0 aromatic heterocycles. The lowest BCUT2D eigenvalue weighted by atomic mass is 9.52. The molecule has 136 valence electrons. The zero-order chi connectivity index (χ0) is 17.8. The van der Waals surface area contributed by atoms with E-state index in [1.165, 1.54) is 37.0 Å². The van der Waals surface area contributed by atoms with Crippen LogP contribution < -0.4 is 0 Å². The molecule has 0 aromatic carbocycles. The van der Waals surface area contributed by atoms with Gasteiger partial charge in [-0.05, 0) is 67.6 Å². The second kappa shape index (κ2) is 6.00. The van der Waals surface area contributed by atoms with Gasteiger partial charge in [-0.3, -0.25) is 4.79 Å². The summed E-state index contributed by atoms with van der Waals surface area (Å²) in [4.78, 5) is 12.9. The summed E-state index contributed by atoms with van der Waals surface area (Å²) in [7, 11) is -1.81. The van der Waals surface area contributed by atoms with Crippen LogP contribution in [0.2, 0.25) is 18.1 Å². The third-order valence-corrected chi connectivity index (χ3v) is 12.1. The average molecular weight is 349 g/mol. The lowest BCUT2D eigenvalue weighted by Crippen LogP contribution is -2.51. The highest BCUT2D eigenvalue weighted by Gasteiger charge is 2.54. The van der Waals surface area contributed by atoms with Crippen molar-refractivity contribution in [2.75, 3.05) is 0 Å². The molecule has 24 heavy (non-hydrogen) atoms. The Labute approximate surface area is 149 Å². The lowest BCUT2D eigenvalue weighted by molar-refractivity contribution is -0.139. The molecular formula is C21H36O2Si. The van der Waals surface area contributed by atoms with Gasteiger partial charge in [0.1, 0.15) is 5.78 Å². The van der Waals surface area contributed by atoms with E-state index in [1.54, 1.807) is 0 Å². The summed E-state index contributed by atoms with van der Waals surface area (Å²) in [6.07, 6.45) is 8.99. The topological polar surface area (TPSA) is 26.3 Å². The van der Waals surface area contributed by atoms with Crippen molar-refractivity contribution in [2.45, 2.75) is 97.2 Å². The Morgan fingerprint density at radius 1 is 1.08 bits per heavy atom. The minimum atomic E-state index is -1.81. The first-order chi connectivity index (χ1) is 11.1. The number of carbonyl (C=O) groups excluding carboxylic acids is 1. The SMILES string of the molecule is CC(C)(C)[Si](C)(C)OC1=C2CCCC[C@H]2[C@@]2(C)C(=O)CCC[C@H]2C1. The summed E-state index contributed by atoms with van der Waals surface area (Å²) >= 11 is 0. The highest BCUT2D eigenvalue weighted by molar-refractivity contribution is 6.74. The Morgan fingerprint density at radius 3 is 2.46 bits per heavy atom.